The SMILES string of the molecule is Cn1cc(C2CC2c2c(C(=O)O)cnn2-c2cccc(-c3cccc(CN4CCOCC4)c3)c2)nn1. The molecule has 0 bridgehead atoms. The molecule has 2 fully saturated rings. The molecular weight excluding hydrogens is 456 g/mol. The van der Waals surface area contributed by atoms with E-state index in [2.05, 4.69) is 56.7 Å². The van der Waals surface area contributed by atoms with Gasteiger partial charge in [0.2, 0.25) is 0 Å². The first kappa shape index (κ1) is 22.6. The van der Waals surface area contributed by atoms with Crippen LogP contribution in [0.2, 0.25) is 0 Å². The summed E-state index contributed by atoms with van der Waals surface area (Å²) in [6.07, 6.45) is 4.18. The van der Waals surface area contributed by atoms with Gasteiger partial charge in [0, 0.05) is 44.7 Å². The Bertz CT molecular complexity index is 1400. The fourth-order valence-corrected chi connectivity index (χ4v) is 5.13. The normalized spacial score (nSPS) is 19.9. The molecule has 1 saturated carbocycles. The molecule has 3 heterocycles. The highest BCUT2D eigenvalue weighted by Gasteiger charge is 2.46. The lowest BCUT2D eigenvalue weighted by molar-refractivity contribution is 0.0342. The van der Waals surface area contributed by atoms with E-state index in [-0.39, 0.29) is 17.4 Å². The number of aromatic carboxylic acids is 1. The van der Waals surface area contributed by atoms with E-state index >= 15 is 0 Å². The van der Waals surface area contributed by atoms with Crippen LogP contribution in [0.3, 0.4) is 0 Å². The van der Waals surface area contributed by atoms with Crippen LogP contribution in [-0.4, -0.2) is 67.1 Å². The lowest BCUT2D eigenvalue weighted by Gasteiger charge is -2.26. The monoisotopic (exact) mass is 484 g/mol. The van der Waals surface area contributed by atoms with Gasteiger partial charge in [0.15, 0.2) is 0 Å². The molecule has 9 heteroatoms. The summed E-state index contributed by atoms with van der Waals surface area (Å²) >= 11 is 0. The van der Waals surface area contributed by atoms with Crippen LogP contribution >= 0.6 is 0 Å². The van der Waals surface area contributed by atoms with E-state index in [9.17, 15) is 9.90 Å². The van der Waals surface area contributed by atoms with Crippen LogP contribution in [-0.2, 0) is 18.3 Å². The smallest absolute Gasteiger partial charge is 0.339 e. The summed E-state index contributed by atoms with van der Waals surface area (Å²) in [5.74, 6) is -0.781. The number of rotatable bonds is 7. The molecule has 0 spiro atoms. The zero-order valence-electron chi connectivity index (χ0n) is 20.1. The Morgan fingerprint density at radius 3 is 2.61 bits per heavy atom. The van der Waals surface area contributed by atoms with Gasteiger partial charge < -0.3 is 9.84 Å². The van der Waals surface area contributed by atoms with Crippen LogP contribution in [0.25, 0.3) is 16.8 Å². The first-order chi connectivity index (χ1) is 17.6. The summed E-state index contributed by atoms with van der Waals surface area (Å²) in [5, 5.41) is 22.7. The number of morpholine rings is 1. The molecule has 6 rings (SSSR count). The second kappa shape index (κ2) is 9.33. The third-order valence-corrected chi connectivity index (χ3v) is 7.04. The lowest BCUT2D eigenvalue weighted by Crippen LogP contribution is -2.35. The van der Waals surface area contributed by atoms with E-state index in [1.54, 1.807) is 9.36 Å². The first-order valence-electron chi connectivity index (χ1n) is 12.2. The number of carbonyl (C=O) groups is 1. The molecule has 2 aliphatic rings. The maximum absolute atomic E-state index is 12.0. The van der Waals surface area contributed by atoms with Crippen molar-refractivity contribution in [3.63, 3.8) is 0 Å². The molecule has 2 unspecified atom stereocenters. The molecule has 1 saturated heterocycles. The highest BCUT2D eigenvalue weighted by Crippen LogP contribution is 2.55. The average Bonchev–Trinajstić information content (AvgIpc) is 3.34. The minimum atomic E-state index is -0.965. The number of aromatic nitrogens is 5. The largest absolute Gasteiger partial charge is 0.478 e. The first-order valence-corrected chi connectivity index (χ1v) is 12.2. The van der Waals surface area contributed by atoms with Crippen molar-refractivity contribution in [2.24, 2.45) is 7.05 Å². The molecule has 1 aliphatic heterocycles. The molecule has 0 amide bonds. The molecule has 1 N–H and O–H groups in total. The second-order valence-electron chi connectivity index (χ2n) is 9.57. The zero-order chi connectivity index (χ0) is 24.6. The maximum atomic E-state index is 12.0. The van der Waals surface area contributed by atoms with Gasteiger partial charge in [-0.2, -0.15) is 5.10 Å². The van der Waals surface area contributed by atoms with Gasteiger partial charge >= 0.3 is 5.97 Å². The number of ether oxygens (including phenoxy) is 1. The summed E-state index contributed by atoms with van der Waals surface area (Å²) < 4.78 is 8.93. The quantitative estimate of drug-likeness (QED) is 0.429. The molecule has 36 heavy (non-hydrogen) atoms. The van der Waals surface area contributed by atoms with Gasteiger partial charge in [-0.3, -0.25) is 9.58 Å². The van der Waals surface area contributed by atoms with E-state index in [1.807, 2.05) is 25.4 Å². The van der Waals surface area contributed by atoms with E-state index in [1.165, 1.54) is 11.8 Å². The standard InChI is InChI=1S/C27H28N6O3/c1-31-17-25(29-30-31)22-14-23(22)26-24(27(34)35)15-28-33(26)21-7-3-6-20(13-21)19-5-2-4-18(12-19)16-32-8-10-36-11-9-32/h2-7,12-13,15,17,22-23H,8-11,14,16H2,1H3,(H,34,35). The van der Waals surface area contributed by atoms with Crippen molar-refractivity contribution in [2.75, 3.05) is 26.3 Å². The Balaban J connectivity index is 1.31. The minimum absolute atomic E-state index is 0.0378. The van der Waals surface area contributed by atoms with Crippen LogP contribution in [0.4, 0.5) is 0 Å². The van der Waals surface area contributed by atoms with Gasteiger partial charge in [0.1, 0.15) is 5.56 Å². The van der Waals surface area contributed by atoms with Crippen LogP contribution in [0.1, 0.15) is 45.6 Å². The minimum Gasteiger partial charge on any atom is -0.478 e. The second-order valence-corrected chi connectivity index (χ2v) is 9.57. The van der Waals surface area contributed by atoms with Crippen molar-refractivity contribution >= 4 is 5.97 Å². The van der Waals surface area contributed by atoms with Gasteiger partial charge in [-0.05, 0) is 41.3 Å². The number of hydrogen-bond acceptors (Lipinski definition) is 6. The summed E-state index contributed by atoms with van der Waals surface area (Å²) in [6, 6.07) is 16.7. The van der Waals surface area contributed by atoms with E-state index in [0.717, 1.165) is 67.5 Å². The zero-order valence-corrected chi connectivity index (χ0v) is 20.1. The van der Waals surface area contributed by atoms with E-state index in [4.69, 9.17) is 4.74 Å². The topological polar surface area (TPSA) is 98.3 Å². The van der Waals surface area contributed by atoms with Crippen molar-refractivity contribution in [3.8, 4) is 16.8 Å². The van der Waals surface area contributed by atoms with Crippen LogP contribution in [0.15, 0.2) is 60.9 Å². The molecule has 1 aliphatic carbocycles. The highest BCUT2D eigenvalue weighted by atomic mass is 16.5. The maximum Gasteiger partial charge on any atom is 0.339 e. The van der Waals surface area contributed by atoms with Gasteiger partial charge in [0.25, 0.3) is 0 Å². The Morgan fingerprint density at radius 2 is 1.86 bits per heavy atom. The van der Waals surface area contributed by atoms with Crippen LogP contribution in [0, 0.1) is 0 Å². The average molecular weight is 485 g/mol. The van der Waals surface area contributed by atoms with Gasteiger partial charge in [0.05, 0.1) is 36.5 Å². The predicted molar refractivity (Wildman–Crippen MR) is 133 cm³/mol. The van der Waals surface area contributed by atoms with Crippen molar-refractivity contribution in [1.82, 2.24) is 29.7 Å². The third-order valence-electron chi connectivity index (χ3n) is 7.04. The van der Waals surface area contributed by atoms with Crippen molar-refractivity contribution in [3.05, 3.63) is 83.4 Å². The predicted octanol–water partition coefficient (Wildman–Crippen LogP) is 3.47. The van der Waals surface area contributed by atoms with Crippen molar-refractivity contribution < 1.29 is 14.6 Å². The molecule has 2 aromatic carbocycles. The van der Waals surface area contributed by atoms with Gasteiger partial charge in [-0.1, -0.05) is 35.5 Å². The number of carboxylic acids is 1. The molecular formula is C27H28N6O3. The van der Waals surface area contributed by atoms with E-state index in [0.29, 0.717) is 0 Å². The summed E-state index contributed by atoms with van der Waals surface area (Å²) in [7, 11) is 1.84. The molecule has 9 nitrogen and oxygen atoms in total. The van der Waals surface area contributed by atoms with Crippen LogP contribution < -0.4 is 0 Å². The fraction of sp³-hybridized carbons (Fsp3) is 0.333. The van der Waals surface area contributed by atoms with Crippen molar-refractivity contribution in [1.29, 1.82) is 0 Å². The lowest BCUT2D eigenvalue weighted by atomic mass is 10.0. The number of carboxylic acid groups (broad SMARTS) is 1. The number of aryl methyl sites for hydroxylation is 1. The molecule has 2 aromatic heterocycles. The fourth-order valence-electron chi connectivity index (χ4n) is 5.13. The Morgan fingerprint density at radius 1 is 1.08 bits per heavy atom. The molecule has 2 atom stereocenters. The van der Waals surface area contributed by atoms with Crippen LogP contribution in [0.5, 0.6) is 0 Å². The Kier molecular flexibility index (Phi) is 5.86. The Hall–Kier alpha value is -3.82. The molecule has 184 valence electrons. The third kappa shape index (κ3) is 4.43. The number of nitrogens with zero attached hydrogens (tertiary/aromatic N) is 6. The summed E-state index contributed by atoms with van der Waals surface area (Å²) in [4.78, 5) is 14.4. The number of benzene rings is 2. The summed E-state index contributed by atoms with van der Waals surface area (Å²) in [5.41, 5.74) is 6.14. The highest BCUT2D eigenvalue weighted by molar-refractivity contribution is 5.89. The summed E-state index contributed by atoms with van der Waals surface area (Å²) in [6.45, 7) is 4.36. The van der Waals surface area contributed by atoms with Crippen molar-refractivity contribution in [2.45, 2.75) is 24.8 Å². The van der Waals surface area contributed by atoms with Gasteiger partial charge in [-0.25, -0.2) is 9.48 Å². The van der Waals surface area contributed by atoms with E-state index < -0.39 is 5.97 Å². The number of hydrogen-bond donors (Lipinski definition) is 1. The Labute approximate surface area is 208 Å². The van der Waals surface area contributed by atoms with Gasteiger partial charge in [-0.15, -0.1) is 5.10 Å². The molecule has 0 radical (unpaired) electrons. The molecule has 4 aromatic rings.